The van der Waals surface area contributed by atoms with Crippen LogP contribution in [0.4, 0.5) is 0 Å². The van der Waals surface area contributed by atoms with Crippen molar-refractivity contribution in [1.82, 2.24) is 5.01 Å². The molecule has 7 rings (SSSR count). The molecule has 33 heavy (non-hydrogen) atoms. The lowest BCUT2D eigenvalue weighted by molar-refractivity contribution is -0.140. The molecule has 7 heteroatoms. The Morgan fingerprint density at radius 1 is 1.03 bits per heavy atom. The van der Waals surface area contributed by atoms with Gasteiger partial charge in [0.2, 0.25) is 0 Å². The van der Waals surface area contributed by atoms with E-state index in [1.807, 2.05) is 30.3 Å². The van der Waals surface area contributed by atoms with Gasteiger partial charge in [0.15, 0.2) is 11.5 Å². The SMILES string of the molecule is COc1cc(/C=N\N2C(=O)[C@@H]3[C@@H]4C=C[C@H]([C@@H]5C[C@H]45)[C@@H]3C2=O)ccc1OCc1ccccc1Cl. The number of amides is 2. The summed E-state index contributed by atoms with van der Waals surface area (Å²) in [6.45, 7) is 0.307. The number of carbonyl (C=O) groups excluding carboxylic acids is 2. The third-order valence-electron chi connectivity index (χ3n) is 7.49. The minimum atomic E-state index is -0.247. The van der Waals surface area contributed by atoms with Crippen LogP contribution in [0.2, 0.25) is 5.02 Å². The van der Waals surface area contributed by atoms with E-state index in [0.29, 0.717) is 40.5 Å². The molecule has 1 aliphatic heterocycles. The van der Waals surface area contributed by atoms with E-state index >= 15 is 0 Å². The fourth-order valence-corrected chi connectivity index (χ4v) is 6.02. The average molecular weight is 463 g/mol. The number of methoxy groups -OCH3 is 1. The molecular formula is C26H23ClN2O4. The van der Waals surface area contributed by atoms with Crippen molar-refractivity contribution in [3.8, 4) is 11.5 Å². The Hall–Kier alpha value is -3.12. The van der Waals surface area contributed by atoms with Crippen LogP contribution in [0.5, 0.6) is 11.5 Å². The van der Waals surface area contributed by atoms with Crippen LogP contribution in [0, 0.1) is 35.5 Å². The van der Waals surface area contributed by atoms with E-state index in [-0.39, 0.29) is 35.5 Å². The third kappa shape index (κ3) is 3.27. The van der Waals surface area contributed by atoms with Gasteiger partial charge in [0, 0.05) is 10.6 Å². The second-order valence-corrected chi connectivity index (χ2v) is 9.59. The molecule has 6 nitrogen and oxygen atoms in total. The largest absolute Gasteiger partial charge is 0.493 e. The molecular weight excluding hydrogens is 440 g/mol. The summed E-state index contributed by atoms with van der Waals surface area (Å²) >= 11 is 6.20. The number of allylic oxidation sites excluding steroid dienone is 2. The van der Waals surface area contributed by atoms with Gasteiger partial charge in [0.05, 0.1) is 25.2 Å². The predicted octanol–water partition coefficient (Wildman–Crippen LogP) is 4.31. The Balaban J connectivity index is 1.18. The number of nitrogens with zero attached hydrogens (tertiary/aromatic N) is 2. The normalized spacial score (nSPS) is 31.2. The summed E-state index contributed by atoms with van der Waals surface area (Å²) < 4.78 is 11.4. The van der Waals surface area contributed by atoms with Crippen LogP contribution in [0.3, 0.4) is 0 Å². The smallest absolute Gasteiger partial charge is 0.254 e. The van der Waals surface area contributed by atoms with Crippen LogP contribution in [-0.2, 0) is 16.2 Å². The van der Waals surface area contributed by atoms with Crippen molar-refractivity contribution in [3.63, 3.8) is 0 Å². The monoisotopic (exact) mass is 462 g/mol. The highest BCUT2D eigenvalue weighted by atomic mass is 35.5. The first-order valence-electron chi connectivity index (χ1n) is 11.2. The second kappa shape index (κ2) is 7.73. The number of imide groups is 1. The summed E-state index contributed by atoms with van der Waals surface area (Å²) in [6, 6.07) is 12.9. The molecule has 0 radical (unpaired) electrons. The molecule has 0 N–H and O–H groups in total. The first kappa shape index (κ1) is 20.5. The summed E-state index contributed by atoms with van der Waals surface area (Å²) in [5.74, 6) is 1.79. The zero-order valence-corrected chi connectivity index (χ0v) is 18.8. The van der Waals surface area contributed by atoms with Gasteiger partial charge in [0.25, 0.3) is 11.8 Å². The van der Waals surface area contributed by atoms with Crippen molar-refractivity contribution in [1.29, 1.82) is 0 Å². The maximum atomic E-state index is 13.1. The van der Waals surface area contributed by atoms with Crippen LogP contribution in [0.25, 0.3) is 0 Å². The summed E-state index contributed by atoms with van der Waals surface area (Å²) in [7, 11) is 1.56. The van der Waals surface area contributed by atoms with Gasteiger partial charge in [-0.25, -0.2) is 0 Å². The number of hydrazone groups is 1. The van der Waals surface area contributed by atoms with Gasteiger partial charge in [0.1, 0.15) is 6.61 Å². The van der Waals surface area contributed by atoms with E-state index in [4.69, 9.17) is 21.1 Å². The summed E-state index contributed by atoms with van der Waals surface area (Å²) in [4.78, 5) is 26.1. The van der Waals surface area contributed by atoms with Crippen molar-refractivity contribution in [2.24, 2.45) is 40.6 Å². The zero-order chi connectivity index (χ0) is 22.7. The number of hydrogen-bond acceptors (Lipinski definition) is 5. The number of ether oxygens (including phenoxy) is 2. The lowest BCUT2D eigenvalue weighted by Gasteiger charge is -2.37. The average Bonchev–Trinajstić information content (AvgIpc) is 3.62. The Kier molecular flexibility index (Phi) is 4.80. The Morgan fingerprint density at radius 2 is 1.73 bits per heavy atom. The van der Waals surface area contributed by atoms with E-state index in [0.717, 1.165) is 17.0 Å². The van der Waals surface area contributed by atoms with E-state index in [1.54, 1.807) is 19.2 Å². The summed E-state index contributed by atoms with van der Waals surface area (Å²) in [6.07, 6.45) is 6.99. The number of halogens is 1. The van der Waals surface area contributed by atoms with E-state index in [2.05, 4.69) is 17.3 Å². The quantitative estimate of drug-likeness (QED) is 0.364. The zero-order valence-electron chi connectivity index (χ0n) is 18.1. The van der Waals surface area contributed by atoms with Crippen LogP contribution in [0.15, 0.2) is 59.7 Å². The van der Waals surface area contributed by atoms with Crippen molar-refractivity contribution in [3.05, 3.63) is 70.8 Å². The maximum Gasteiger partial charge on any atom is 0.254 e. The van der Waals surface area contributed by atoms with Crippen molar-refractivity contribution in [2.45, 2.75) is 13.0 Å². The van der Waals surface area contributed by atoms with Gasteiger partial charge in [-0.1, -0.05) is 42.0 Å². The van der Waals surface area contributed by atoms with Crippen LogP contribution >= 0.6 is 11.6 Å². The standard InChI is InChI=1S/C26H23ClN2O4/c1-32-22-10-14(6-9-21(22)33-13-15-4-2-3-5-20(15)27)12-28-29-25(30)23-16-7-8-17(19-11-18(16)19)24(23)26(29)31/h2-10,12,16-19,23-24H,11,13H2,1H3/b28-12-/t16-,17-,18-,19+,23-,24+/m1/s1. The summed E-state index contributed by atoms with van der Waals surface area (Å²) in [5.41, 5.74) is 1.58. The van der Waals surface area contributed by atoms with E-state index in [1.165, 1.54) is 6.21 Å². The molecule has 0 unspecified atom stereocenters. The van der Waals surface area contributed by atoms with Gasteiger partial charge in [-0.2, -0.15) is 10.1 Å². The minimum absolute atomic E-state index is 0.169. The molecule has 3 fully saturated rings. The molecule has 168 valence electrons. The molecule has 1 heterocycles. The van der Waals surface area contributed by atoms with Gasteiger partial charge < -0.3 is 9.47 Å². The number of hydrogen-bond donors (Lipinski definition) is 0. The van der Waals surface area contributed by atoms with Gasteiger partial charge in [-0.3, -0.25) is 9.59 Å². The highest BCUT2D eigenvalue weighted by molar-refractivity contribution is 6.31. The molecule has 6 atom stereocenters. The molecule has 4 aliphatic carbocycles. The van der Waals surface area contributed by atoms with E-state index in [9.17, 15) is 9.59 Å². The Labute approximate surface area is 196 Å². The molecule has 0 spiro atoms. The number of rotatable bonds is 6. The maximum absolute atomic E-state index is 13.1. The number of benzene rings is 2. The molecule has 2 bridgehead atoms. The predicted molar refractivity (Wildman–Crippen MR) is 123 cm³/mol. The summed E-state index contributed by atoms with van der Waals surface area (Å²) in [5, 5.41) is 6.02. The highest BCUT2D eigenvalue weighted by Gasteiger charge is 2.67. The van der Waals surface area contributed by atoms with Crippen LogP contribution < -0.4 is 9.47 Å². The molecule has 2 saturated carbocycles. The van der Waals surface area contributed by atoms with Gasteiger partial charge in [-0.15, -0.1) is 0 Å². The first-order valence-corrected chi connectivity index (χ1v) is 11.6. The lowest BCUT2D eigenvalue weighted by atomic mass is 9.63. The molecule has 0 aromatic heterocycles. The molecule has 1 saturated heterocycles. The number of carbonyl (C=O) groups is 2. The molecule has 2 aromatic rings. The lowest BCUT2D eigenvalue weighted by Crippen LogP contribution is -2.40. The topological polar surface area (TPSA) is 68.2 Å². The highest BCUT2D eigenvalue weighted by Crippen LogP contribution is 2.65. The molecule has 2 aromatic carbocycles. The van der Waals surface area contributed by atoms with Crippen molar-refractivity contribution in [2.75, 3.05) is 7.11 Å². The fraction of sp³-hybridized carbons (Fsp3) is 0.346. The molecule has 5 aliphatic rings. The second-order valence-electron chi connectivity index (χ2n) is 9.18. The molecule has 2 amide bonds. The van der Waals surface area contributed by atoms with Crippen LogP contribution in [-0.4, -0.2) is 30.1 Å². The Morgan fingerprint density at radius 3 is 2.39 bits per heavy atom. The fourth-order valence-electron chi connectivity index (χ4n) is 5.83. The van der Waals surface area contributed by atoms with Gasteiger partial charge in [-0.05, 0) is 59.9 Å². The third-order valence-corrected chi connectivity index (χ3v) is 7.86. The van der Waals surface area contributed by atoms with Crippen molar-refractivity contribution >= 4 is 29.6 Å². The first-order chi connectivity index (χ1) is 16.1. The van der Waals surface area contributed by atoms with Gasteiger partial charge >= 0.3 is 0 Å². The minimum Gasteiger partial charge on any atom is -0.493 e. The van der Waals surface area contributed by atoms with Crippen LogP contribution in [0.1, 0.15) is 17.5 Å². The Bertz CT molecular complexity index is 1170. The van der Waals surface area contributed by atoms with Crippen molar-refractivity contribution < 1.29 is 19.1 Å². The van der Waals surface area contributed by atoms with E-state index < -0.39 is 0 Å².